The maximum atomic E-state index is 13.2. The number of anilines is 2. The summed E-state index contributed by atoms with van der Waals surface area (Å²) in [5.41, 5.74) is 2.72. The second-order valence-corrected chi connectivity index (χ2v) is 11.6. The van der Waals surface area contributed by atoms with E-state index in [1.165, 1.54) is 24.3 Å². The van der Waals surface area contributed by atoms with Gasteiger partial charge in [-0.1, -0.05) is 6.92 Å². The van der Waals surface area contributed by atoms with Crippen LogP contribution in [-0.4, -0.2) is 55.9 Å². The minimum atomic E-state index is -3.91. The van der Waals surface area contributed by atoms with Gasteiger partial charge < -0.3 is 24.5 Å². The number of aliphatic hydroxyl groups is 1. The molecule has 0 spiro atoms. The van der Waals surface area contributed by atoms with Crippen LogP contribution in [-0.2, 0) is 42.9 Å². The van der Waals surface area contributed by atoms with Crippen LogP contribution in [0.3, 0.4) is 0 Å². The lowest BCUT2D eigenvalue weighted by Crippen LogP contribution is -2.28. The Morgan fingerprint density at radius 3 is 2.47 bits per heavy atom. The third-order valence-electron chi connectivity index (χ3n) is 7.05. The molecule has 4 rings (SSSR count). The number of aliphatic hydroxyl groups excluding tert-OH is 1. The van der Waals surface area contributed by atoms with Gasteiger partial charge >= 0.3 is 0 Å². The maximum absolute atomic E-state index is 13.2. The Labute approximate surface area is 223 Å². The third-order valence-corrected chi connectivity index (χ3v) is 8.43. The third kappa shape index (κ3) is 5.85. The molecule has 1 aliphatic heterocycles. The van der Waals surface area contributed by atoms with Gasteiger partial charge in [0.05, 0.1) is 21.6 Å². The minimum Gasteiger partial charge on any atom is -0.387 e. The van der Waals surface area contributed by atoms with Gasteiger partial charge in [-0.2, -0.15) is 0 Å². The number of nitrogens with one attached hydrogen (secondary N) is 2. The van der Waals surface area contributed by atoms with Crippen LogP contribution in [0, 0.1) is 5.92 Å². The molecule has 3 aromatic rings. The second-order valence-electron chi connectivity index (χ2n) is 9.97. The van der Waals surface area contributed by atoms with E-state index in [4.69, 9.17) is 19.6 Å². The summed E-state index contributed by atoms with van der Waals surface area (Å²) in [6, 6.07) is 9.47. The van der Waals surface area contributed by atoms with Gasteiger partial charge in [-0.15, -0.1) is 0 Å². The molecule has 1 saturated heterocycles. The number of carbonyl (C=O) groups excluding carboxylic acids is 1. The molecule has 0 saturated carbocycles. The van der Waals surface area contributed by atoms with E-state index in [9.17, 15) is 13.2 Å². The average molecular weight is 545 g/mol. The number of benzene rings is 2. The van der Waals surface area contributed by atoms with E-state index in [-0.39, 0.29) is 4.90 Å². The van der Waals surface area contributed by atoms with Crippen LogP contribution in [0.2, 0.25) is 0 Å². The first-order valence-corrected chi connectivity index (χ1v) is 14.3. The zero-order chi connectivity index (χ0) is 27.5. The van der Waals surface area contributed by atoms with E-state index in [1.807, 2.05) is 26.8 Å². The highest BCUT2D eigenvalue weighted by Crippen LogP contribution is 2.34. The Morgan fingerprint density at radius 1 is 1.18 bits per heavy atom. The highest BCUT2D eigenvalue weighted by Gasteiger charge is 2.30. The van der Waals surface area contributed by atoms with Gasteiger partial charge in [0.1, 0.15) is 18.0 Å². The maximum Gasteiger partial charge on any atom is 0.261 e. The lowest BCUT2D eigenvalue weighted by molar-refractivity contribution is -0.118. The van der Waals surface area contributed by atoms with Crippen LogP contribution in [0.1, 0.15) is 45.0 Å². The number of amides is 1. The first-order chi connectivity index (χ1) is 18.1. The summed E-state index contributed by atoms with van der Waals surface area (Å²) in [6.07, 6.45) is 2.53. The molecule has 2 aromatic carbocycles. The van der Waals surface area contributed by atoms with Crippen molar-refractivity contribution in [3.63, 3.8) is 0 Å². The van der Waals surface area contributed by atoms with Crippen molar-refractivity contribution >= 4 is 38.3 Å². The number of fused-ring (bicyclic) bond motifs is 1. The van der Waals surface area contributed by atoms with Crippen LogP contribution < -0.4 is 10.0 Å². The number of aryl methyl sites for hydroxylation is 1. The fraction of sp³-hybridized carbons (Fsp3) is 0.481. The lowest BCUT2D eigenvalue weighted by atomic mass is 9.99. The van der Waals surface area contributed by atoms with Crippen molar-refractivity contribution < 1.29 is 27.8 Å². The van der Waals surface area contributed by atoms with Crippen LogP contribution in [0.5, 0.6) is 0 Å². The molecule has 0 aliphatic carbocycles. The van der Waals surface area contributed by atoms with Crippen molar-refractivity contribution in [3.8, 4) is 0 Å². The molecular weight excluding hydrogens is 508 g/mol. The summed E-state index contributed by atoms with van der Waals surface area (Å²) in [5.74, 6) is 0.685. The van der Waals surface area contributed by atoms with Crippen LogP contribution in [0.15, 0.2) is 41.3 Å². The van der Waals surface area contributed by atoms with Gasteiger partial charge in [-0.05, 0) is 75.4 Å². The van der Waals surface area contributed by atoms with Crippen molar-refractivity contribution in [1.29, 1.82) is 0 Å². The predicted molar refractivity (Wildman–Crippen MR) is 146 cm³/mol. The number of hydrogen-bond donors (Lipinski definition) is 3. The standard InChI is InChI=1S/C27H36N4O6S/c1-5-21-22(30-38(34,35)20-8-6-19(7-9-20)28-24(33)17-32)10-11-23-25(21)29-26(27(2,3)36-4)31(23)16-18-12-14-37-15-13-18/h6-11,18,30,32H,5,12-17H2,1-4H3,(H,28,33). The van der Waals surface area contributed by atoms with E-state index in [2.05, 4.69) is 14.6 Å². The number of carbonyl (C=O) groups is 1. The number of aromatic nitrogens is 2. The number of rotatable bonds is 10. The zero-order valence-electron chi connectivity index (χ0n) is 22.3. The highest BCUT2D eigenvalue weighted by molar-refractivity contribution is 7.92. The molecule has 0 radical (unpaired) electrons. The first kappa shape index (κ1) is 28.0. The normalized spacial score (nSPS) is 15.1. The molecule has 0 bridgehead atoms. The highest BCUT2D eigenvalue weighted by atomic mass is 32.2. The lowest BCUT2D eigenvalue weighted by Gasteiger charge is -2.27. The molecule has 0 unspecified atom stereocenters. The van der Waals surface area contributed by atoms with Crippen molar-refractivity contribution in [3.05, 3.63) is 47.8 Å². The molecule has 1 amide bonds. The number of ether oxygens (including phenoxy) is 2. The zero-order valence-corrected chi connectivity index (χ0v) is 23.1. The molecule has 0 atom stereocenters. The van der Waals surface area contributed by atoms with E-state index in [0.29, 0.717) is 23.7 Å². The second kappa shape index (κ2) is 11.4. The molecule has 11 heteroatoms. The molecule has 10 nitrogen and oxygen atoms in total. The molecule has 1 aliphatic rings. The smallest absolute Gasteiger partial charge is 0.261 e. The molecular formula is C27H36N4O6S. The van der Waals surface area contributed by atoms with E-state index in [0.717, 1.165) is 55.0 Å². The van der Waals surface area contributed by atoms with Crippen molar-refractivity contribution in [2.75, 3.05) is 37.0 Å². The van der Waals surface area contributed by atoms with Gasteiger partial charge in [0.25, 0.3) is 10.0 Å². The summed E-state index contributed by atoms with van der Waals surface area (Å²) >= 11 is 0. The van der Waals surface area contributed by atoms with Gasteiger partial charge in [0, 0.05) is 38.1 Å². The van der Waals surface area contributed by atoms with E-state index in [1.54, 1.807) is 13.2 Å². The molecule has 38 heavy (non-hydrogen) atoms. The fourth-order valence-electron chi connectivity index (χ4n) is 4.74. The summed E-state index contributed by atoms with van der Waals surface area (Å²) in [7, 11) is -2.24. The molecule has 206 valence electrons. The van der Waals surface area contributed by atoms with Gasteiger partial charge in [0.15, 0.2) is 0 Å². The summed E-state index contributed by atoms with van der Waals surface area (Å²) < 4.78 is 42.8. The Morgan fingerprint density at radius 2 is 1.87 bits per heavy atom. The number of imidazole rings is 1. The number of nitrogens with zero attached hydrogens (tertiary/aromatic N) is 2. The summed E-state index contributed by atoms with van der Waals surface area (Å²) in [4.78, 5) is 16.4. The minimum absolute atomic E-state index is 0.0490. The Bertz CT molecular complexity index is 1390. The van der Waals surface area contributed by atoms with Crippen LogP contribution >= 0.6 is 0 Å². The first-order valence-electron chi connectivity index (χ1n) is 12.8. The molecule has 3 N–H and O–H groups in total. The Balaban J connectivity index is 1.71. The van der Waals surface area contributed by atoms with E-state index < -0.39 is 28.1 Å². The molecule has 2 heterocycles. The monoisotopic (exact) mass is 544 g/mol. The largest absolute Gasteiger partial charge is 0.387 e. The van der Waals surface area contributed by atoms with Crippen molar-refractivity contribution in [1.82, 2.24) is 9.55 Å². The summed E-state index contributed by atoms with van der Waals surface area (Å²) in [5, 5.41) is 11.4. The SMILES string of the molecule is CCc1c(NS(=O)(=O)c2ccc(NC(=O)CO)cc2)ccc2c1nc(C(C)(C)OC)n2CC1CCOCC1. The number of sulfonamides is 1. The average Bonchev–Trinajstić information content (AvgIpc) is 3.28. The summed E-state index contributed by atoms with van der Waals surface area (Å²) in [6.45, 7) is 7.58. The topological polar surface area (TPSA) is 132 Å². The fourth-order valence-corrected chi connectivity index (χ4v) is 5.84. The quantitative estimate of drug-likeness (QED) is 0.355. The Hall–Kier alpha value is -2.99. The van der Waals surface area contributed by atoms with Crippen LogP contribution in [0.25, 0.3) is 11.0 Å². The number of methoxy groups -OCH3 is 1. The van der Waals surface area contributed by atoms with Gasteiger partial charge in [-0.3, -0.25) is 9.52 Å². The number of hydrogen-bond acceptors (Lipinski definition) is 7. The molecule has 1 fully saturated rings. The van der Waals surface area contributed by atoms with Crippen molar-refractivity contribution in [2.45, 2.75) is 57.1 Å². The van der Waals surface area contributed by atoms with Crippen molar-refractivity contribution in [2.24, 2.45) is 5.92 Å². The Kier molecular flexibility index (Phi) is 8.41. The van der Waals surface area contributed by atoms with Gasteiger partial charge in [-0.25, -0.2) is 13.4 Å². The predicted octanol–water partition coefficient (Wildman–Crippen LogP) is 3.64. The van der Waals surface area contributed by atoms with Gasteiger partial charge in [0.2, 0.25) is 5.91 Å². The molecule has 1 aromatic heterocycles. The van der Waals surface area contributed by atoms with Crippen LogP contribution in [0.4, 0.5) is 11.4 Å². The van der Waals surface area contributed by atoms with E-state index >= 15 is 0 Å².